The van der Waals surface area contributed by atoms with Crippen LogP contribution in [0.1, 0.15) is 35.8 Å². The van der Waals surface area contributed by atoms with Gasteiger partial charge in [0.25, 0.3) is 0 Å². The van der Waals surface area contributed by atoms with E-state index >= 15 is 0 Å². The molecule has 0 radical (unpaired) electrons. The average Bonchev–Trinajstić information content (AvgIpc) is 3.01. The van der Waals surface area contributed by atoms with Crippen LogP contribution in [0.5, 0.6) is 0 Å². The van der Waals surface area contributed by atoms with Crippen molar-refractivity contribution in [1.29, 1.82) is 0 Å². The maximum absolute atomic E-state index is 13.2. The van der Waals surface area contributed by atoms with Crippen molar-refractivity contribution in [2.75, 3.05) is 0 Å². The van der Waals surface area contributed by atoms with Crippen LogP contribution in [0.25, 0.3) is 16.9 Å². The molecule has 0 aliphatic rings. The number of hydrogen-bond acceptors (Lipinski definition) is 2. The Morgan fingerprint density at radius 1 is 1.08 bits per heavy atom. The summed E-state index contributed by atoms with van der Waals surface area (Å²) < 4.78 is 14.7. The van der Waals surface area contributed by atoms with E-state index in [1.165, 1.54) is 28.4 Å². The molecule has 0 fully saturated rings. The Hall–Kier alpha value is -2.95. The molecule has 3 rings (SSSR count). The van der Waals surface area contributed by atoms with Gasteiger partial charge in [-0.05, 0) is 41.8 Å². The van der Waals surface area contributed by atoms with Gasteiger partial charge in [-0.1, -0.05) is 38.1 Å². The highest BCUT2D eigenvalue weighted by Crippen LogP contribution is 2.26. The van der Waals surface area contributed by atoms with Crippen molar-refractivity contribution in [3.8, 4) is 16.9 Å². The molecule has 1 heterocycles. The number of hydrogen-bond donors (Lipinski definition) is 1. The van der Waals surface area contributed by atoms with Crippen LogP contribution in [-0.2, 0) is 0 Å². The van der Waals surface area contributed by atoms with Crippen molar-refractivity contribution in [2.24, 2.45) is 0 Å². The van der Waals surface area contributed by atoms with E-state index in [0.717, 1.165) is 5.56 Å². The molecule has 0 aliphatic heterocycles. The summed E-state index contributed by atoms with van der Waals surface area (Å²) in [6.07, 6.45) is 0. The highest BCUT2D eigenvalue weighted by molar-refractivity contribution is 5.87. The molecule has 3 aromatic rings. The molecule has 2 aromatic carbocycles. The van der Waals surface area contributed by atoms with E-state index in [1.54, 1.807) is 12.1 Å². The van der Waals surface area contributed by atoms with Crippen molar-refractivity contribution in [3.63, 3.8) is 0 Å². The number of carbonyl (C=O) groups is 1. The molecule has 0 bridgehead atoms. The molecule has 4 nitrogen and oxygen atoms in total. The molecule has 0 unspecified atom stereocenters. The minimum atomic E-state index is -1.10. The number of nitrogens with zero attached hydrogens (tertiary/aromatic N) is 2. The van der Waals surface area contributed by atoms with Gasteiger partial charge in [0.2, 0.25) is 0 Å². The Kier molecular flexibility index (Phi) is 4.16. The van der Waals surface area contributed by atoms with E-state index in [4.69, 9.17) is 0 Å². The van der Waals surface area contributed by atoms with Gasteiger partial charge in [0, 0.05) is 5.56 Å². The Bertz CT molecular complexity index is 865. The van der Waals surface area contributed by atoms with Gasteiger partial charge >= 0.3 is 5.97 Å². The third-order valence-corrected chi connectivity index (χ3v) is 3.87. The van der Waals surface area contributed by atoms with Crippen LogP contribution in [0.2, 0.25) is 0 Å². The molecule has 0 atom stereocenters. The maximum atomic E-state index is 13.2. The van der Waals surface area contributed by atoms with E-state index in [9.17, 15) is 14.3 Å². The molecule has 0 saturated carbocycles. The molecule has 1 N–H and O–H groups in total. The summed E-state index contributed by atoms with van der Waals surface area (Å²) in [7, 11) is 0. The predicted octanol–water partition coefficient (Wildman–Crippen LogP) is 4.50. The summed E-state index contributed by atoms with van der Waals surface area (Å²) >= 11 is 0. The average molecular weight is 324 g/mol. The topological polar surface area (TPSA) is 55.1 Å². The fourth-order valence-corrected chi connectivity index (χ4v) is 2.51. The van der Waals surface area contributed by atoms with Gasteiger partial charge < -0.3 is 5.11 Å². The number of carboxylic acids is 1. The lowest BCUT2D eigenvalue weighted by atomic mass is 10.0. The molecule has 0 saturated heterocycles. The van der Waals surface area contributed by atoms with Crippen molar-refractivity contribution in [1.82, 2.24) is 9.78 Å². The second-order valence-electron chi connectivity index (χ2n) is 5.88. The lowest BCUT2D eigenvalue weighted by molar-refractivity contribution is 0.0690. The molecule has 24 heavy (non-hydrogen) atoms. The summed E-state index contributed by atoms with van der Waals surface area (Å²) in [4.78, 5) is 11.3. The molecular formula is C19H17FN2O2. The highest BCUT2D eigenvalue weighted by atomic mass is 19.1. The molecule has 0 aliphatic carbocycles. The molecule has 5 heteroatoms. The number of carboxylic acid groups (broad SMARTS) is 1. The van der Waals surface area contributed by atoms with Crippen LogP contribution in [-0.4, -0.2) is 20.9 Å². The van der Waals surface area contributed by atoms with Crippen molar-refractivity contribution < 1.29 is 14.3 Å². The predicted molar refractivity (Wildman–Crippen MR) is 90.0 cm³/mol. The van der Waals surface area contributed by atoms with E-state index in [1.807, 2.05) is 24.3 Å². The van der Waals surface area contributed by atoms with Gasteiger partial charge in [-0.15, -0.1) is 0 Å². The zero-order valence-corrected chi connectivity index (χ0v) is 13.4. The van der Waals surface area contributed by atoms with Gasteiger partial charge in [0.15, 0.2) is 5.69 Å². The Morgan fingerprint density at radius 3 is 2.25 bits per heavy atom. The van der Waals surface area contributed by atoms with Crippen LogP contribution in [0.15, 0.2) is 54.6 Å². The summed E-state index contributed by atoms with van der Waals surface area (Å²) in [6.45, 7) is 4.22. The van der Waals surface area contributed by atoms with Crippen LogP contribution in [0, 0.1) is 5.82 Å². The number of halogens is 1. The summed E-state index contributed by atoms with van der Waals surface area (Å²) in [5.74, 6) is -1.04. The smallest absolute Gasteiger partial charge is 0.356 e. The first-order valence-corrected chi connectivity index (χ1v) is 7.65. The van der Waals surface area contributed by atoms with Crippen LogP contribution >= 0.6 is 0 Å². The molecule has 0 amide bonds. The van der Waals surface area contributed by atoms with Gasteiger partial charge in [-0.2, -0.15) is 5.10 Å². The molecule has 1 aromatic heterocycles. The second-order valence-corrected chi connectivity index (χ2v) is 5.88. The molecule has 122 valence electrons. The quantitative estimate of drug-likeness (QED) is 0.769. The second kappa shape index (κ2) is 6.28. The maximum Gasteiger partial charge on any atom is 0.356 e. The zero-order valence-electron chi connectivity index (χ0n) is 13.4. The Balaban J connectivity index is 2.12. The lowest BCUT2D eigenvalue weighted by Gasteiger charge is -2.09. The van der Waals surface area contributed by atoms with E-state index in [0.29, 0.717) is 17.3 Å². The van der Waals surface area contributed by atoms with Gasteiger partial charge in [0.05, 0.1) is 11.4 Å². The third kappa shape index (κ3) is 3.06. The summed E-state index contributed by atoms with van der Waals surface area (Å²) in [5, 5.41) is 13.4. The first-order valence-electron chi connectivity index (χ1n) is 7.65. The van der Waals surface area contributed by atoms with E-state index < -0.39 is 5.97 Å². The SMILES string of the molecule is CC(C)c1ccc(-c2cc(C(=O)O)nn2-c2ccc(F)cc2)cc1. The fraction of sp³-hybridized carbons (Fsp3) is 0.158. The minimum absolute atomic E-state index is 0.0535. The highest BCUT2D eigenvalue weighted by Gasteiger charge is 2.16. The first-order chi connectivity index (χ1) is 11.5. The van der Waals surface area contributed by atoms with Gasteiger partial charge in [-0.25, -0.2) is 13.9 Å². The number of benzene rings is 2. The van der Waals surface area contributed by atoms with E-state index in [-0.39, 0.29) is 11.5 Å². The fourth-order valence-electron chi connectivity index (χ4n) is 2.51. The van der Waals surface area contributed by atoms with Crippen molar-refractivity contribution >= 4 is 5.97 Å². The van der Waals surface area contributed by atoms with Gasteiger partial charge in [-0.3, -0.25) is 0 Å². The number of aromatic nitrogens is 2. The molecule has 0 spiro atoms. The first kappa shape index (κ1) is 15.9. The number of rotatable bonds is 4. The van der Waals surface area contributed by atoms with Crippen molar-refractivity contribution in [2.45, 2.75) is 19.8 Å². The summed E-state index contributed by atoms with van der Waals surface area (Å²) in [6, 6.07) is 15.2. The standard InChI is InChI=1S/C19H17FN2O2/c1-12(2)13-3-5-14(6-4-13)18-11-17(19(23)24)21-22(18)16-9-7-15(20)8-10-16/h3-12H,1-2H3,(H,23,24). The number of aromatic carboxylic acids is 1. The third-order valence-electron chi connectivity index (χ3n) is 3.87. The molecular weight excluding hydrogens is 307 g/mol. The van der Waals surface area contributed by atoms with Crippen LogP contribution < -0.4 is 0 Å². The van der Waals surface area contributed by atoms with Gasteiger partial charge in [0.1, 0.15) is 5.82 Å². The van der Waals surface area contributed by atoms with Crippen molar-refractivity contribution in [3.05, 3.63) is 71.7 Å². The summed E-state index contributed by atoms with van der Waals surface area (Å²) in [5.41, 5.74) is 3.25. The van der Waals surface area contributed by atoms with E-state index in [2.05, 4.69) is 18.9 Å². The Morgan fingerprint density at radius 2 is 1.71 bits per heavy atom. The van der Waals surface area contributed by atoms with Crippen LogP contribution in [0.4, 0.5) is 4.39 Å². The minimum Gasteiger partial charge on any atom is -0.476 e. The zero-order chi connectivity index (χ0) is 17.3. The Labute approximate surface area is 139 Å². The van der Waals surface area contributed by atoms with Crippen LogP contribution in [0.3, 0.4) is 0 Å². The normalized spacial score (nSPS) is 11.0. The largest absolute Gasteiger partial charge is 0.476 e. The monoisotopic (exact) mass is 324 g/mol. The lowest BCUT2D eigenvalue weighted by Crippen LogP contribution is -2.02.